The fourth-order valence-corrected chi connectivity index (χ4v) is 3.16. The first-order valence-corrected chi connectivity index (χ1v) is 9.22. The van der Waals surface area contributed by atoms with Crippen LogP contribution in [-0.4, -0.2) is 34.2 Å². The second-order valence-electron chi connectivity index (χ2n) is 6.77. The van der Waals surface area contributed by atoms with Crippen LogP contribution in [0.15, 0.2) is 73.4 Å². The summed E-state index contributed by atoms with van der Waals surface area (Å²) in [4.78, 5) is 8.59. The van der Waals surface area contributed by atoms with E-state index in [0.29, 0.717) is 6.54 Å². The zero-order valence-electron chi connectivity index (χ0n) is 15.7. The third kappa shape index (κ3) is 4.13. The van der Waals surface area contributed by atoms with Crippen molar-refractivity contribution in [3.05, 3.63) is 79.0 Å². The maximum absolute atomic E-state index is 6.27. The standard InChI is InChI=1S/C22H23N5O/c1-28-21-6-2-16(3-7-21)10-19(23)13-25-22-14-27(15-26-22)20-5-4-18-12-24-9-8-17(18)11-20/h2-9,11-12,14-15,19,25H,10,13,23H2,1H3/t19-/m0/s1. The first-order valence-electron chi connectivity index (χ1n) is 9.22. The van der Waals surface area contributed by atoms with Gasteiger partial charge in [0.25, 0.3) is 0 Å². The van der Waals surface area contributed by atoms with Crippen molar-refractivity contribution in [3.8, 4) is 11.4 Å². The zero-order valence-corrected chi connectivity index (χ0v) is 15.7. The van der Waals surface area contributed by atoms with Crippen molar-refractivity contribution in [1.82, 2.24) is 14.5 Å². The number of hydrogen-bond acceptors (Lipinski definition) is 5. The molecule has 2 heterocycles. The number of nitrogens with one attached hydrogen (secondary N) is 1. The van der Waals surface area contributed by atoms with Gasteiger partial charge >= 0.3 is 0 Å². The summed E-state index contributed by atoms with van der Waals surface area (Å²) in [6, 6.07) is 16.2. The molecule has 0 bridgehead atoms. The van der Waals surface area contributed by atoms with E-state index in [1.165, 1.54) is 5.56 Å². The van der Waals surface area contributed by atoms with Crippen LogP contribution < -0.4 is 15.8 Å². The van der Waals surface area contributed by atoms with Crippen LogP contribution >= 0.6 is 0 Å². The Balaban J connectivity index is 1.37. The lowest BCUT2D eigenvalue weighted by atomic mass is 10.1. The van der Waals surface area contributed by atoms with Crippen molar-refractivity contribution in [2.75, 3.05) is 19.0 Å². The van der Waals surface area contributed by atoms with E-state index < -0.39 is 0 Å². The fourth-order valence-electron chi connectivity index (χ4n) is 3.16. The van der Waals surface area contributed by atoms with E-state index in [1.807, 2.05) is 47.3 Å². The van der Waals surface area contributed by atoms with E-state index in [-0.39, 0.29) is 6.04 Å². The van der Waals surface area contributed by atoms with Crippen LogP contribution in [0.25, 0.3) is 16.5 Å². The molecule has 0 fully saturated rings. The minimum absolute atomic E-state index is 0.00767. The van der Waals surface area contributed by atoms with Gasteiger partial charge in [0.05, 0.1) is 13.3 Å². The van der Waals surface area contributed by atoms with Gasteiger partial charge in [-0.3, -0.25) is 4.98 Å². The Morgan fingerprint density at radius 3 is 2.79 bits per heavy atom. The molecule has 0 saturated carbocycles. The Labute approximate surface area is 164 Å². The highest BCUT2D eigenvalue weighted by Gasteiger charge is 2.07. The molecule has 0 amide bonds. The van der Waals surface area contributed by atoms with Crippen molar-refractivity contribution in [3.63, 3.8) is 0 Å². The lowest BCUT2D eigenvalue weighted by molar-refractivity contribution is 0.414. The number of anilines is 1. The third-order valence-electron chi connectivity index (χ3n) is 4.71. The number of benzene rings is 2. The summed E-state index contributed by atoms with van der Waals surface area (Å²) in [6.07, 6.45) is 8.24. The van der Waals surface area contributed by atoms with Gasteiger partial charge in [0.2, 0.25) is 0 Å². The normalized spacial score (nSPS) is 12.1. The first kappa shape index (κ1) is 18.0. The van der Waals surface area contributed by atoms with Crippen molar-refractivity contribution < 1.29 is 4.74 Å². The first-order chi connectivity index (χ1) is 13.7. The molecule has 0 radical (unpaired) electrons. The number of rotatable bonds is 7. The van der Waals surface area contributed by atoms with Gasteiger partial charge in [-0.15, -0.1) is 0 Å². The third-order valence-corrected chi connectivity index (χ3v) is 4.71. The highest BCUT2D eigenvalue weighted by atomic mass is 16.5. The minimum atomic E-state index is -0.00767. The summed E-state index contributed by atoms with van der Waals surface area (Å²) in [5.74, 6) is 1.66. The van der Waals surface area contributed by atoms with Gasteiger partial charge in [0.15, 0.2) is 0 Å². The number of hydrogen-bond donors (Lipinski definition) is 2. The van der Waals surface area contributed by atoms with E-state index in [2.05, 4.69) is 33.5 Å². The average Bonchev–Trinajstić information content (AvgIpc) is 3.21. The van der Waals surface area contributed by atoms with Crippen LogP contribution in [-0.2, 0) is 6.42 Å². The highest BCUT2D eigenvalue weighted by molar-refractivity contribution is 5.83. The number of fused-ring (bicyclic) bond motifs is 1. The van der Waals surface area contributed by atoms with Crippen LogP contribution in [0.3, 0.4) is 0 Å². The Hall–Kier alpha value is -3.38. The Morgan fingerprint density at radius 1 is 1.11 bits per heavy atom. The molecular formula is C22H23N5O. The molecule has 0 aliphatic heterocycles. The van der Waals surface area contributed by atoms with Gasteiger partial charge in [-0.1, -0.05) is 18.2 Å². The monoisotopic (exact) mass is 373 g/mol. The van der Waals surface area contributed by atoms with E-state index in [9.17, 15) is 0 Å². The van der Waals surface area contributed by atoms with Gasteiger partial charge in [-0.25, -0.2) is 4.98 Å². The molecular weight excluding hydrogens is 350 g/mol. The number of pyridine rings is 1. The van der Waals surface area contributed by atoms with Crippen molar-refractivity contribution in [2.24, 2.45) is 5.73 Å². The van der Waals surface area contributed by atoms with Crippen molar-refractivity contribution in [1.29, 1.82) is 0 Å². The average molecular weight is 373 g/mol. The van der Waals surface area contributed by atoms with Crippen LogP contribution in [0.1, 0.15) is 5.56 Å². The number of nitrogens with two attached hydrogens (primary N) is 1. The van der Waals surface area contributed by atoms with Crippen molar-refractivity contribution >= 4 is 16.6 Å². The maximum atomic E-state index is 6.27. The fraction of sp³-hybridized carbons (Fsp3) is 0.182. The van der Waals surface area contributed by atoms with Crippen LogP contribution in [0, 0.1) is 0 Å². The lowest BCUT2D eigenvalue weighted by Crippen LogP contribution is -2.31. The van der Waals surface area contributed by atoms with Gasteiger partial charge in [-0.2, -0.15) is 0 Å². The molecule has 142 valence electrons. The smallest absolute Gasteiger partial charge is 0.144 e. The summed E-state index contributed by atoms with van der Waals surface area (Å²) >= 11 is 0. The SMILES string of the molecule is COc1ccc(C[C@H](N)CNc2cn(-c3ccc4cnccc4c3)cn2)cc1. The summed E-state index contributed by atoms with van der Waals surface area (Å²) in [6.45, 7) is 0.645. The summed E-state index contributed by atoms with van der Waals surface area (Å²) < 4.78 is 7.18. The van der Waals surface area contributed by atoms with Gasteiger partial charge in [0.1, 0.15) is 17.9 Å². The molecule has 0 spiro atoms. The highest BCUT2D eigenvalue weighted by Crippen LogP contribution is 2.19. The molecule has 2 aromatic carbocycles. The van der Waals surface area contributed by atoms with E-state index >= 15 is 0 Å². The predicted octanol–water partition coefficient (Wildman–Crippen LogP) is 3.41. The lowest BCUT2D eigenvalue weighted by Gasteiger charge is -2.12. The van der Waals surface area contributed by atoms with Crippen LogP contribution in [0.2, 0.25) is 0 Å². The topological polar surface area (TPSA) is 78.0 Å². The number of imidazole rings is 1. The molecule has 3 N–H and O–H groups in total. The predicted molar refractivity (Wildman–Crippen MR) is 112 cm³/mol. The van der Waals surface area contributed by atoms with Gasteiger partial charge in [-0.05, 0) is 47.7 Å². The second-order valence-corrected chi connectivity index (χ2v) is 6.77. The summed E-state index contributed by atoms with van der Waals surface area (Å²) in [7, 11) is 1.67. The Bertz CT molecular complexity index is 1060. The molecule has 28 heavy (non-hydrogen) atoms. The molecule has 6 nitrogen and oxygen atoms in total. The maximum Gasteiger partial charge on any atom is 0.144 e. The molecule has 4 aromatic rings. The molecule has 2 aromatic heterocycles. The van der Waals surface area contributed by atoms with Gasteiger partial charge in [0, 0.05) is 36.1 Å². The molecule has 0 unspecified atom stereocenters. The van der Waals surface area contributed by atoms with Crippen LogP contribution in [0.5, 0.6) is 5.75 Å². The van der Waals surface area contributed by atoms with E-state index in [4.69, 9.17) is 10.5 Å². The number of aromatic nitrogens is 3. The molecule has 0 aliphatic rings. The number of methoxy groups -OCH3 is 1. The molecule has 0 saturated heterocycles. The Morgan fingerprint density at radius 2 is 1.96 bits per heavy atom. The Kier molecular flexibility index (Phi) is 5.21. The molecule has 4 rings (SSSR count). The largest absolute Gasteiger partial charge is 0.497 e. The number of nitrogens with zero attached hydrogens (tertiary/aromatic N) is 3. The minimum Gasteiger partial charge on any atom is -0.497 e. The van der Waals surface area contributed by atoms with Crippen LogP contribution in [0.4, 0.5) is 5.82 Å². The van der Waals surface area contributed by atoms with E-state index in [1.54, 1.807) is 19.6 Å². The van der Waals surface area contributed by atoms with Crippen molar-refractivity contribution in [2.45, 2.75) is 12.5 Å². The second kappa shape index (κ2) is 8.10. The molecule has 1 atom stereocenters. The molecule has 0 aliphatic carbocycles. The summed E-state index contributed by atoms with van der Waals surface area (Å²) in [5.41, 5.74) is 8.51. The molecule has 6 heteroatoms. The number of ether oxygens (including phenoxy) is 1. The zero-order chi connectivity index (χ0) is 19.3. The van der Waals surface area contributed by atoms with Gasteiger partial charge < -0.3 is 20.4 Å². The summed E-state index contributed by atoms with van der Waals surface area (Å²) in [5, 5.41) is 5.59. The quantitative estimate of drug-likeness (QED) is 0.519. The van der Waals surface area contributed by atoms with E-state index in [0.717, 1.165) is 34.4 Å².